The number of halogens is 3. The first-order chi connectivity index (χ1) is 7.99. The van der Waals surface area contributed by atoms with E-state index in [1.165, 1.54) is 19.1 Å². The second-order valence-corrected chi connectivity index (χ2v) is 4.39. The summed E-state index contributed by atoms with van der Waals surface area (Å²) in [6.45, 7) is 3.38. The van der Waals surface area contributed by atoms with Crippen molar-refractivity contribution in [3.8, 4) is 5.75 Å². The third-order valence-electron chi connectivity index (χ3n) is 2.23. The summed E-state index contributed by atoms with van der Waals surface area (Å²) in [7, 11) is 0. The number of alkyl halides is 3. The molecule has 94 valence electrons. The first-order valence-electron chi connectivity index (χ1n) is 5.17. The number of rotatable bonds is 5. The molecule has 0 aliphatic heterocycles. The van der Waals surface area contributed by atoms with E-state index in [0.717, 1.165) is 0 Å². The Morgan fingerprint density at radius 1 is 1.41 bits per heavy atom. The summed E-state index contributed by atoms with van der Waals surface area (Å²) in [5, 5.41) is 0. The van der Waals surface area contributed by atoms with Crippen LogP contribution in [0.25, 0.3) is 0 Å². The molecule has 0 saturated carbocycles. The summed E-state index contributed by atoms with van der Waals surface area (Å²) in [6.07, 6.45) is -2.62. The van der Waals surface area contributed by atoms with Crippen molar-refractivity contribution < 1.29 is 18.3 Å². The van der Waals surface area contributed by atoms with Crippen LogP contribution in [0.2, 0.25) is 0 Å². The van der Waals surface area contributed by atoms with Crippen LogP contribution >= 0.6 is 15.9 Å². The van der Waals surface area contributed by atoms with Gasteiger partial charge in [0.1, 0.15) is 16.4 Å². The molecule has 0 radical (unpaired) electrons. The van der Waals surface area contributed by atoms with E-state index in [4.69, 9.17) is 4.74 Å². The maximum Gasteiger partial charge on any atom is 0.267 e. The smallest absolute Gasteiger partial charge is 0.267 e. The van der Waals surface area contributed by atoms with Gasteiger partial charge < -0.3 is 4.74 Å². The Bertz CT molecular complexity index is 407. The lowest BCUT2D eigenvalue weighted by atomic mass is 10.0. The first-order valence-corrected chi connectivity index (χ1v) is 6.08. The summed E-state index contributed by atoms with van der Waals surface area (Å²) < 4.78 is 30.9. The SMILES string of the molecule is CCOc1c(C(F)F)cccc1C(Br)C(C)=O. The molecule has 0 fully saturated rings. The van der Waals surface area contributed by atoms with E-state index in [9.17, 15) is 13.6 Å². The van der Waals surface area contributed by atoms with Crippen molar-refractivity contribution in [2.75, 3.05) is 6.61 Å². The number of hydrogen-bond acceptors (Lipinski definition) is 2. The van der Waals surface area contributed by atoms with Gasteiger partial charge in [0.25, 0.3) is 6.43 Å². The van der Waals surface area contributed by atoms with Gasteiger partial charge in [-0.15, -0.1) is 0 Å². The zero-order chi connectivity index (χ0) is 13.0. The number of carbonyl (C=O) groups excluding carboxylic acids is 1. The van der Waals surface area contributed by atoms with Crippen molar-refractivity contribution in [1.29, 1.82) is 0 Å². The van der Waals surface area contributed by atoms with E-state index in [-0.39, 0.29) is 23.7 Å². The Kier molecular flexibility index (Phi) is 5.05. The summed E-state index contributed by atoms with van der Waals surface area (Å²) in [5.74, 6) is -0.0561. The fourth-order valence-corrected chi connectivity index (χ4v) is 1.84. The van der Waals surface area contributed by atoms with Crippen LogP contribution in [0.3, 0.4) is 0 Å². The minimum Gasteiger partial charge on any atom is -0.493 e. The van der Waals surface area contributed by atoms with E-state index in [1.54, 1.807) is 13.0 Å². The van der Waals surface area contributed by atoms with Gasteiger partial charge in [-0.1, -0.05) is 28.1 Å². The van der Waals surface area contributed by atoms with Gasteiger partial charge in [-0.25, -0.2) is 8.78 Å². The monoisotopic (exact) mass is 306 g/mol. The lowest BCUT2D eigenvalue weighted by Gasteiger charge is -2.16. The number of carbonyl (C=O) groups is 1. The largest absolute Gasteiger partial charge is 0.493 e. The van der Waals surface area contributed by atoms with Gasteiger partial charge >= 0.3 is 0 Å². The second kappa shape index (κ2) is 6.10. The van der Waals surface area contributed by atoms with Crippen LogP contribution < -0.4 is 4.74 Å². The predicted octanol–water partition coefficient (Wildman–Crippen LogP) is 4.05. The third-order valence-corrected chi connectivity index (χ3v) is 3.37. The van der Waals surface area contributed by atoms with Crippen LogP contribution in [0, 0.1) is 0 Å². The highest BCUT2D eigenvalue weighted by Crippen LogP contribution is 2.38. The van der Waals surface area contributed by atoms with Crippen LogP contribution in [-0.4, -0.2) is 12.4 Å². The number of para-hydroxylation sites is 1. The molecule has 5 heteroatoms. The minimum absolute atomic E-state index is 0.0991. The number of ether oxygens (including phenoxy) is 1. The fraction of sp³-hybridized carbons (Fsp3) is 0.417. The van der Waals surface area contributed by atoms with Crippen LogP contribution in [-0.2, 0) is 4.79 Å². The Hall–Kier alpha value is -0.970. The lowest BCUT2D eigenvalue weighted by Crippen LogP contribution is -2.07. The molecule has 0 saturated heterocycles. The number of benzene rings is 1. The molecule has 1 unspecified atom stereocenters. The zero-order valence-corrected chi connectivity index (χ0v) is 11.1. The van der Waals surface area contributed by atoms with Crippen LogP contribution in [0.15, 0.2) is 18.2 Å². The lowest BCUT2D eigenvalue weighted by molar-refractivity contribution is -0.116. The van der Waals surface area contributed by atoms with Crippen molar-refractivity contribution in [2.45, 2.75) is 25.1 Å². The van der Waals surface area contributed by atoms with Gasteiger partial charge in [0, 0.05) is 5.56 Å². The quantitative estimate of drug-likeness (QED) is 0.767. The van der Waals surface area contributed by atoms with Gasteiger partial charge in [-0.2, -0.15) is 0 Å². The summed E-state index contributed by atoms with van der Waals surface area (Å²) in [6, 6.07) is 4.41. The molecule has 2 nitrogen and oxygen atoms in total. The zero-order valence-electron chi connectivity index (χ0n) is 9.54. The average Bonchev–Trinajstić information content (AvgIpc) is 2.28. The molecule has 1 rings (SSSR count). The molecule has 1 aromatic rings. The van der Waals surface area contributed by atoms with Gasteiger partial charge in [0.15, 0.2) is 0 Å². The van der Waals surface area contributed by atoms with Gasteiger partial charge in [-0.05, 0) is 19.9 Å². The second-order valence-electron chi connectivity index (χ2n) is 3.47. The standard InChI is InChI=1S/C12H13BrF2O2/c1-3-17-11-8(10(13)7(2)16)5-4-6-9(11)12(14)15/h4-6,10,12H,3H2,1-2H3. The molecule has 1 atom stereocenters. The molecule has 0 amide bonds. The normalized spacial score (nSPS) is 12.6. The molecule has 0 bridgehead atoms. The number of hydrogen-bond donors (Lipinski definition) is 0. The molecular formula is C12H13BrF2O2. The van der Waals surface area contributed by atoms with Gasteiger partial charge in [-0.3, -0.25) is 4.79 Å². The third kappa shape index (κ3) is 3.25. The summed E-state index contributed by atoms with van der Waals surface area (Å²) in [5.41, 5.74) is 0.257. The maximum absolute atomic E-state index is 12.8. The molecule has 0 spiro atoms. The minimum atomic E-state index is -2.62. The van der Waals surface area contributed by atoms with Crippen molar-refractivity contribution in [1.82, 2.24) is 0 Å². The van der Waals surface area contributed by atoms with Crippen LogP contribution in [0.4, 0.5) is 8.78 Å². The van der Waals surface area contributed by atoms with Crippen molar-refractivity contribution in [3.05, 3.63) is 29.3 Å². The van der Waals surface area contributed by atoms with Crippen LogP contribution in [0.5, 0.6) is 5.75 Å². The fourth-order valence-electron chi connectivity index (χ4n) is 1.47. The molecular weight excluding hydrogens is 294 g/mol. The van der Waals surface area contributed by atoms with Crippen LogP contribution in [0.1, 0.15) is 36.2 Å². The molecule has 1 aromatic carbocycles. The van der Waals surface area contributed by atoms with E-state index in [0.29, 0.717) is 5.56 Å². The summed E-state index contributed by atoms with van der Waals surface area (Å²) in [4.78, 5) is 10.7. The van der Waals surface area contributed by atoms with Gasteiger partial charge in [0.2, 0.25) is 0 Å². The van der Waals surface area contributed by atoms with Crippen molar-refractivity contribution in [3.63, 3.8) is 0 Å². The Balaban J connectivity index is 3.28. The predicted molar refractivity (Wildman–Crippen MR) is 64.9 cm³/mol. The first kappa shape index (κ1) is 14.1. The molecule has 0 heterocycles. The maximum atomic E-state index is 12.8. The molecule has 0 aromatic heterocycles. The van der Waals surface area contributed by atoms with Gasteiger partial charge in [0.05, 0.1) is 12.2 Å². The Morgan fingerprint density at radius 2 is 2.00 bits per heavy atom. The highest BCUT2D eigenvalue weighted by atomic mass is 79.9. The van der Waals surface area contributed by atoms with E-state index in [2.05, 4.69) is 15.9 Å². The Labute approximate surface area is 107 Å². The summed E-state index contributed by atoms with van der Waals surface area (Å²) >= 11 is 3.18. The number of ketones is 1. The Morgan fingerprint density at radius 3 is 2.47 bits per heavy atom. The topological polar surface area (TPSA) is 26.3 Å². The molecule has 0 aliphatic carbocycles. The molecule has 0 N–H and O–H groups in total. The molecule has 17 heavy (non-hydrogen) atoms. The van der Waals surface area contributed by atoms with E-state index in [1.807, 2.05) is 0 Å². The average molecular weight is 307 g/mol. The van der Waals surface area contributed by atoms with Crippen molar-refractivity contribution in [2.24, 2.45) is 0 Å². The highest BCUT2D eigenvalue weighted by molar-refractivity contribution is 9.09. The van der Waals surface area contributed by atoms with Crippen molar-refractivity contribution >= 4 is 21.7 Å². The molecule has 0 aliphatic rings. The highest BCUT2D eigenvalue weighted by Gasteiger charge is 2.23. The van der Waals surface area contributed by atoms with E-state index >= 15 is 0 Å². The van der Waals surface area contributed by atoms with E-state index < -0.39 is 11.3 Å². The number of Topliss-reactive ketones (excluding diaryl/α,β-unsaturated/α-hetero) is 1.